The summed E-state index contributed by atoms with van der Waals surface area (Å²) in [7, 11) is 0. The zero-order valence-electron chi connectivity index (χ0n) is 11.7. The van der Waals surface area contributed by atoms with Gasteiger partial charge in [-0.05, 0) is 32.1 Å². The lowest BCUT2D eigenvalue weighted by molar-refractivity contribution is 0.164. The molecule has 0 aliphatic heterocycles. The summed E-state index contributed by atoms with van der Waals surface area (Å²) in [5.41, 5.74) is 0. The van der Waals surface area contributed by atoms with E-state index in [-0.39, 0.29) is 6.10 Å². The van der Waals surface area contributed by atoms with Crippen molar-refractivity contribution in [3.63, 3.8) is 0 Å². The Morgan fingerprint density at radius 1 is 0.824 bits per heavy atom. The van der Waals surface area contributed by atoms with E-state index in [2.05, 4.69) is 38.2 Å². The molecule has 0 spiro atoms. The third-order valence-corrected chi connectivity index (χ3v) is 2.86. The lowest BCUT2D eigenvalue weighted by Gasteiger charge is -2.05. The second kappa shape index (κ2) is 13.5. The summed E-state index contributed by atoms with van der Waals surface area (Å²) in [6.45, 7) is 4.38. The Labute approximate surface area is 108 Å². The van der Waals surface area contributed by atoms with Crippen LogP contribution in [0.2, 0.25) is 0 Å². The quantitative estimate of drug-likeness (QED) is 0.396. The van der Waals surface area contributed by atoms with Gasteiger partial charge in [0.1, 0.15) is 0 Å². The SMILES string of the molecule is CCCCC=CCC/C=C\CC(O)CCCC. The van der Waals surface area contributed by atoms with Gasteiger partial charge in [-0.2, -0.15) is 0 Å². The Bertz CT molecular complexity index is 194. The van der Waals surface area contributed by atoms with Crippen molar-refractivity contribution in [3.8, 4) is 0 Å². The van der Waals surface area contributed by atoms with Crippen LogP contribution in [0.3, 0.4) is 0 Å². The summed E-state index contributed by atoms with van der Waals surface area (Å²) in [6, 6.07) is 0. The van der Waals surface area contributed by atoms with Gasteiger partial charge in [0.2, 0.25) is 0 Å². The first-order chi connectivity index (χ1) is 8.31. The van der Waals surface area contributed by atoms with E-state index in [1.807, 2.05) is 0 Å². The van der Waals surface area contributed by atoms with E-state index < -0.39 is 0 Å². The van der Waals surface area contributed by atoms with Crippen molar-refractivity contribution in [1.82, 2.24) is 0 Å². The maximum absolute atomic E-state index is 9.61. The molecule has 0 aliphatic carbocycles. The number of allylic oxidation sites excluding steroid dienone is 3. The minimum atomic E-state index is -0.133. The van der Waals surface area contributed by atoms with Crippen LogP contribution in [-0.2, 0) is 0 Å². The lowest BCUT2D eigenvalue weighted by Crippen LogP contribution is -2.03. The van der Waals surface area contributed by atoms with Crippen molar-refractivity contribution in [1.29, 1.82) is 0 Å². The fourth-order valence-corrected chi connectivity index (χ4v) is 1.68. The van der Waals surface area contributed by atoms with Gasteiger partial charge in [0.05, 0.1) is 6.10 Å². The Hall–Kier alpha value is -0.560. The molecule has 0 rings (SSSR count). The molecular weight excluding hydrogens is 208 g/mol. The van der Waals surface area contributed by atoms with Crippen molar-refractivity contribution >= 4 is 0 Å². The van der Waals surface area contributed by atoms with Crippen molar-refractivity contribution in [3.05, 3.63) is 24.3 Å². The highest BCUT2D eigenvalue weighted by atomic mass is 16.3. The van der Waals surface area contributed by atoms with E-state index in [0.717, 1.165) is 32.1 Å². The zero-order valence-corrected chi connectivity index (χ0v) is 11.7. The summed E-state index contributed by atoms with van der Waals surface area (Å²) >= 11 is 0. The molecule has 0 radical (unpaired) electrons. The van der Waals surface area contributed by atoms with Gasteiger partial charge in [0.25, 0.3) is 0 Å². The smallest absolute Gasteiger partial charge is 0.0574 e. The third-order valence-electron chi connectivity index (χ3n) is 2.86. The third kappa shape index (κ3) is 13.4. The molecular formula is C16H30O. The number of aliphatic hydroxyl groups excluding tert-OH is 1. The molecule has 0 bridgehead atoms. The highest BCUT2D eigenvalue weighted by Gasteiger charge is 1.98. The van der Waals surface area contributed by atoms with Crippen LogP contribution in [-0.4, -0.2) is 11.2 Å². The van der Waals surface area contributed by atoms with Crippen LogP contribution in [0.1, 0.15) is 71.6 Å². The van der Waals surface area contributed by atoms with Gasteiger partial charge >= 0.3 is 0 Å². The first-order valence-corrected chi connectivity index (χ1v) is 7.29. The number of aliphatic hydroxyl groups is 1. The van der Waals surface area contributed by atoms with E-state index >= 15 is 0 Å². The van der Waals surface area contributed by atoms with Crippen molar-refractivity contribution in [2.75, 3.05) is 0 Å². The van der Waals surface area contributed by atoms with Crippen LogP contribution in [0.5, 0.6) is 0 Å². The highest BCUT2D eigenvalue weighted by Crippen LogP contribution is 2.05. The molecule has 1 unspecified atom stereocenters. The predicted octanol–water partition coefficient (Wildman–Crippen LogP) is 5.01. The minimum absolute atomic E-state index is 0.133. The first kappa shape index (κ1) is 16.4. The van der Waals surface area contributed by atoms with Crippen LogP contribution in [0.25, 0.3) is 0 Å². The molecule has 1 nitrogen and oxygen atoms in total. The Balaban J connectivity index is 3.32. The van der Waals surface area contributed by atoms with Crippen molar-refractivity contribution in [2.45, 2.75) is 77.7 Å². The molecule has 0 heterocycles. The average molecular weight is 238 g/mol. The lowest BCUT2D eigenvalue weighted by atomic mass is 10.1. The van der Waals surface area contributed by atoms with Gasteiger partial charge in [-0.25, -0.2) is 0 Å². The maximum atomic E-state index is 9.61. The topological polar surface area (TPSA) is 20.2 Å². The second-order valence-electron chi connectivity index (χ2n) is 4.69. The molecule has 0 aromatic rings. The fourth-order valence-electron chi connectivity index (χ4n) is 1.68. The zero-order chi connectivity index (χ0) is 12.8. The fraction of sp³-hybridized carbons (Fsp3) is 0.750. The summed E-state index contributed by atoms with van der Waals surface area (Å²) in [6.07, 6.45) is 18.8. The average Bonchev–Trinajstić information content (AvgIpc) is 2.34. The normalized spacial score (nSPS) is 13.8. The van der Waals surface area contributed by atoms with Crippen LogP contribution in [0.4, 0.5) is 0 Å². The largest absolute Gasteiger partial charge is 0.393 e. The number of rotatable bonds is 11. The second-order valence-corrected chi connectivity index (χ2v) is 4.69. The molecule has 0 saturated carbocycles. The Morgan fingerprint density at radius 3 is 2.06 bits per heavy atom. The summed E-state index contributed by atoms with van der Waals surface area (Å²) in [5.74, 6) is 0. The molecule has 1 atom stereocenters. The van der Waals surface area contributed by atoms with Gasteiger partial charge in [-0.1, -0.05) is 63.8 Å². The molecule has 1 heteroatoms. The Morgan fingerprint density at radius 2 is 1.41 bits per heavy atom. The minimum Gasteiger partial charge on any atom is -0.393 e. The van der Waals surface area contributed by atoms with Gasteiger partial charge < -0.3 is 5.11 Å². The van der Waals surface area contributed by atoms with E-state index in [0.29, 0.717) is 0 Å². The summed E-state index contributed by atoms with van der Waals surface area (Å²) in [4.78, 5) is 0. The molecule has 0 aliphatic rings. The summed E-state index contributed by atoms with van der Waals surface area (Å²) < 4.78 is 0. The predicted molar refractivity (Wildman–Crippen MR) is 77.2 cm³/mol. The molecule has 0 amide bonds. The van der Waals surface area contributed by atoms with Crippen LogP contribution < -0.4 is 0 Å². The molecule has 0 aromatic heterocycles. The van der Waals surface area contributed by atoms with Gasteiger partial charge in [-0.15, -0.1) is 0 Å². The number of unbranched alkanes of at least 4 members (excludes halogenated alkanes) is 4. The molecule has 0 saturated heterocycles. The molecule has 17 heavy (non-hydrogen) atoms. The molecule has 100 valence electrons. The van der Waals surface area contributed by atoms with E-state index in [4.69, 9.17) is 0 Å². The van der Waals surface area contributed by atoms with Crippen LogP contribution >= 0.6 is 0 Å². The van der Waals surface area contributed by atoms with E-state index in [1.165, 1.54) is 25.7 Å². The Kier molecular flexibility index (Phi) is 13.1. The van der Waals surface area contributed by atoms with Gasteiger partial charge in [-0.3, -0.25) is 0 Å². The van der Waals surface area contributed by atoms with Crippen LogP contribution in [0.15, 0.2) is 24.3 Å². The molecule has 0 aromatic carbocycles. The monoisotopic (exact) mass is 238 g/mol. The van der Waals surface area contributed by atoms with Gasteiger partial charge in [0.15, 0.2) is 0 Å². The van der Waals surface area contributed by atoms with Gasteiger partial charge in [0, 0.05) is 0 Å². The number of hydrogen-bond donors (Lipinski definition) is 1. The maximum Gasteiger partial charge on any atom is 0.0574 e. The number of hydrogen-bond acceptors (Lipinski definition) is 1. The van der Waals surface area contributed by atoms with Crippen molar-refractivity contribution in [2.24, 2.45) is 0 Å². The van der Waals surface area contributed by atoms with E-state index in [9.17, 15) is 5.11 Å². The molecule has 0 fully saturated rings. The molecule has 1 N–H and O–H groups in total. The first-order valence-electron chi connectivity index (χ1n) is 7.29. The highest BCUT2D eigenvalue weighted by molar-refractivity contribution is 4.89. The van der Waals surface area contributed by atoms with E-state index in [1.54, 1.807) is 0 Å². The standard InChI is InChI=1S/C16H30O/c1-3-5-7-8-9-10-11-12-13-15-16(17)14-6-4-2/h8-9,12-13,16-17H,3-7,10-11,14-15H2,1-2H3/b9-8?,13-12-. The summed E-state index contributed by atoms with van der Waals surface area (Å²) in [5, 5.41) is 9.61. The van der Waals surface area contributed by atoms with Crippen molar-refractivity contribution < 1.29 is 5.11 Å². The van der Waals surface area contributed by atoms with Crippen LogP contribution in [0, 0.1) is 0 Å².